The number of ether oxygens (including phenoxy) is 6. The second kappa shape index (κ2) is 72.6. The van der Waals surface area contributed by atoms with E-state index in [0.717, 1.165) is 116 Å². The first kappa shape index (κ1) is 108. The van der Waals surface area contributed by atoms with Crippen LogP contribution in [0.15, 0.2) is 106 Å². The van der Waals surface area contributed by atoms with Gasteiger partial charge in [-0.05, 0) is 74.9 Å². The molecule has 0 bridgehead atoms. The molecule has 0 radical (unpaired) electrons. The highest BCUT2D eigenvalue weighted by atomic mass is 32.2. The van der Waals surface area contributed by atoms with Gasteiger partial charge >= 0.3 is 0 Å². The predicted octanol–water partition coefficient (Wildman–Crippen LogP) is 29.5. The van der Waals surface area contributed by atoms with Crippen LogP contribution in [-0.4, -0.2) is 117 Å². The largest absolute Gasteiger partial charge is 0.490 e. The van der Waals surface area contributed by atoms with Gasteiger partial charge in [-0.1, -0.05) is 425 Å². The monoisotopic (exact) mass is 1730 g/mol. The van der Waals surface area contributed by atoms with Crippen molar-refractivity contribution >= 4 is 30.1 Å². The maximum atomic E-state index is 15.4. The van der Waals surface area contributed by atoms with Crippen LogP contribution in [0.25, 0.3) is 0 Å². The summed E-state index contributed by atoms with van der Waals surface area (Å²) in [6.07, 6.45) is 81.4. The second-order valence-electron chi connectivity index (χ2n) is 34.4. The van der Waals surface area contributed by atoms with E-state index in [9.17, 15) is 0 Å². The SMILES string of the molecule is CCCCCCCCCCCCOc1ccc(S(=O)(=O)N2C/C=C\CN(S(=O)(=O)c3ccc(OCCCCCCCCCCCC)c(OCCCCCCCCCCCC)c3)C/C=C/CN(S(=O)(=O)c3ccc(OCCCCCCCCCCCC)c(OCCCCCCCCCCCC)c3)C/C=C/C2)cc1OCCCCCCCCCCCC. The van der Waals surface area contributed by atoms with Crippen molar-refractivity contribution in [2.75, 3.05) is 78.9 Å². The lowest BCUT2D eigenvalue weighted by Crippen LogP contribution is -2.33. The van der Waals surface area contributed by atoms with Gasteiger partial charge in [0.25, 0.3) is 0 Å². The van der Waals surface area contributed by atoms with Gasteiger partial charge in [0.1, 0.15) is 0 Å². The molecule has 1 heterocycles. The van der Waals surface area contributed by atoms with Crippen LogP contribution < -0.4 is 28.4 Å². The molecule has 3 aromatic carbocycles. The first-order valence-electron chi connectivity index (χ1n) is 49.9. The first-order valence-corrected chi connectivity index (χ1v) is 54.2. The van der Waals surface area contributed by atoms with Crippen LogP contribution in [0.2, 0.25) is 0 Å². The van der Waals surface area contributed by atoms with Crippen molar-refractivity contribution < 1.29 is 53.7 Å². The van der Waals surface area contributed by atoms with Crippen molar-refractivity contribution in [3.63, 3.8) is 0 Å². The van der Waals surface area contributed by atoms with E-state index in [-0.39, 0.29) is 54.0 Å². The van der Waals surface area contributed by atoms with Crippen LogP contribution >= 0.6 is 0 Å². The third-order valence-corrected chi connectivity index (χ3v) is 29.0. The Morgan fingerprint density at radius 3 is 0.475 bits per heavy atom. The molecule has 0 N–H and O–H groups in total. The summed E-state index contributed by atoms with van der Waals surface area (Å²) >= 11 is 0. The number of benzene rings is 3. The summed E-state index contributed by atoms with van der Waals surface area (Å²) in [4.78, 5) is 0.0650. The fourth-order valence-electron chi connectivity index (χ4n) is 15.7. The summed E-state index contributed by atoms with van der Waals surface area (Å²) < 4.78 is 135. The molecule has 120 heavy (non-hydrogen) atoms. The summed E-state index contributed by atoms with van der Waals surface area (Å²) in [6, 6.07) is 14.7. The molecule has 0 fully saturated rings. The Kier molecular flexibility index (Phi) is 65.1. The third-order valence-electron chi connectivity index (χ3n) is 23.5. The Morgan fingerprint density at radius 1 is 0.192 bits per heavy atom. The normalized spacial score (nSPS) is 14.6. The molecule has 0 aliphatic carbocycles. The molecular formula is C102H177N3O12S3. The standard InChI is InChI=1S/C102H177N3O12S3/c1-7-13-19-25-31-37-43-49-55-67-85-112-97-76-73-94(91-100(97)115-88-70-58-52-46-40-34-28-22-16-10-4)118(106,107)103-79-61-63-81-104(119(108,109)95-74-77-98(113-86-68-56-50-44-38-32-26-20-14-8-2)101(92-95)116-89-71-59-53-47-41-35-29-23-17-11-5)83-65-66-84-105(82-64-62-80-103)120(110,111)96-75-78-99(114-87-69-57-51-45-39-33-27-21-15-9-3)102(93-96)117-90-72-60-54-48-42-36-30-24-18-12-6/h61-66,73-78,91-93H,7-60,67-72,79-90H2,1-6H3/b63-61-,64-62+,66-65+. The van der Waals surface area contributed by atoms with Gasteiger partial charge in [-0.3, -0.25) is 0 Å². The lowest BCUT2D eigenvalue weighted by atomic mass is 10.1. The number of rotatable bonds is 78. The Balaban J connectivity index is 1.74. The molecule has 3 aromatic rings. The van der Waals surface area contributed by atoms with E-state index in [1.165, 1.54) is 283 Å². The molecule has 0 atom stereocenters. The van der Waals surface area contributed by atoms with Gasteiger partial charge in [0, 0.05) is 57.5 Å². The summed E-state index contributed by atoms with van der Waals surface area (Å²) in [6.45, 7) is 15.4. The van der Waals surface area contributed by atoms with Crippen LogP contribution in [0.4, 0.5) is 0 Å². The van der Waals surface area contributed by atoms with Crippen LogP contribution in [0.5, 0.6) is 34.5 Å². The topological polar surface area (TPSA) is 168 Å². The molecule has 0 spiro atoms. The highest BCUT2D eigenvalue weighted by Gasteiger charge is 2.29. The van der Waals surface area contributed by atoms with Crippen LogP contribution in [0, 0.1) is 0 Å². The lowest BCUT2D eigenvalue weighted by molar-refractivity contribution is 0.257. The van der Waals surface area contributed by atoms with E-state index in [1.807, 2.05) is 0 Å². The molecule has 1 aliphatic rings. The molecule has 1 aliphatic heterocycles. The van der Waals surface area contributed by atoms with Gasteiger partial charge in [-0.25, -0.2) is 25.3 Å². The number of hydrogen-bond acceptors (Lipinski definition) is 12. The van der Waals surface area contributed by atoms with E-state index < -0.39 is 30.1 Å². The molecular weight excluding hydrogens is 1560 g/mol. The third kappa shape index (κ3) is 49.9. The first-order chi connectivity index (χ1) is 58.8. The predicted molar refractivity (Wildman–Crippen MR) is 507 cm³/mol. The Labute approximate surface area is 737 Å². The van der Waals surface area contributed by atoms with Crippen molar-refractivity contribution in [3.05, 3.63) is 91.1 Å². The van der Waals surface area contributed by atoms with Crippen LogP contribution in [0.1, 0.15) is 427 Å². The Morgan fingerprint density at radius 2 is 0.325 bits per heavy atom. The van der Waals surface area contributed by atoms with Gasteiger partial charge in [-0.15, -0.1) is 0 Å². The van der Waals surface area contributed by atoms with Crippen molar-refractivity contribution in [1.29, 1.82) is 0 Å². The minimum atomic E-state index is -4.31. The minimum Gasteiger partial charge on any atom is -0.490 e. The molecule has 0 unspecified atom stereocenters. The van der Waals surface area contributed by atoms with Crippen LogP contribution in [0.3, 0.4) is 0 Å². The molecule has 0 amide bonds. The minimum absolute atomic E-state index is 0.0217. The van der Waals surface area contributed by atoms with Gasteiger partial charge in [0.2, 0.25) is 30.1 Å². The zero-order valence-corrected chi connectivity index (χ0v) is 80.0. The highest BCUT2D eigenvalue weighted by Crippen LogP contribution is 2.36. The van der Waals surface area contributed by atoms with E-state index in [4.69, 9.17) is 28.4 Å². The van der Waals surface area contributed by atoms with E-state index >= 15 is 25.3 Å². The summed E-state index contributed by atoms with van der Waals surface area (Å²) in [5.41, 5.74) is 0. The summed E-state index contributed by atoms with van der Waals surface area (Å²) in [7, 11) is -12.9. The fourth-order valence-corrected chi connectivity index (χ4v) is 19.8. The van der Waals surface area contributed by atoms with Gasteiger partial charge < -0.3 is 28.4 Å². The van der Waals surface area contributed by atoms with Gasteiger partial charge in [0.05, 0.1) is 54.3 Å². The maximum absolute atomic E-state index is 15.4. The van der Waals surface area contributed by atoms with Crippen molar-refractivity contribution in [2.24, 2.45) is 0 Å². The number of hydrogen-bond donors (Lipinski definition) is 0. The Hall–Kier alpha value is -4.59. The average molecular weight is 1730 g/mol. The molecule has 0 aromatic heterocycles. The van der Waals surface area contributed by atoms with Gasteiger partial charge in [0.15, 0.2) is 34.5 Å². The van der Waals surface area contributed by atoms with E-state index in [0.29, 0.717) is 74.1 Å². The molecule has 0 saturated carbocycles. The summed E-state index contributed by atoms with van der Waals surface area (Å²) in [5.74, 6) is 2.63. The highest BCUT2D eigenvalue weighted by molar-refractivity contribution is 7.89. The average Bonchev–Trinajstić information content (AvgIpc) is 0.859. The van der Waals surface area contributed by atoms with Crippen LogP contribution in [-0.2, 0) is 30.1 Å². The lowest BCUT2D eigenvalue weighted by Gasteiger charge is -2.22. The quantitative estimate of drug-likeness (QED) is 0.0388. The summed E-state index contributed by atoms with van der Waals surface area (Å²) in [5, 5.41) is 0. The van der Waals surface area contributed by atoms with Gasteiger partial charge in [-0.2, -0.15) is 12.9 Å². The van der Waals surface area contributed by atoms with Crippen molar-refractivity contribution in [1.82, 2.24) is 12.9 Å². The zero-order chi connectivity index (χ0) is 86.2. The molecule has 0 saturated heterocycles. The molecule has 690 valence electrons. The fraction of sp³-hybridized carbons (Fsp3) is 0.765. The molecule has 4 rings (SSSR count). The maximum Gasteiger partial charge on any atom is 0.243 e. The smallest absolute Gasteiger partial charge is 0.243 e. The molecule has 18 heteroatoms. The van der Waals surface area contributed by atoms with Crippen molar-refractivity contribution in [3.8, 4) is 34.5 Å². The van der Waals surface area contributed by atoms with E-state index in [2.05, 4.69) is 41.5 Å². The Bertz CT molecular complexity index is 3020. The van der Waals surface area contributed by atoms with E-state index in [1.54, 1.807) is 91.1 Å². The molecule has 15 nitrogen and oxygen atoms in total. The zero-order valence-electron chi connectivity index (χ0n) is 77.5. The van der Waals surface area contributed by atoms with Crippen molar-refractivity contribution in [2.45, 2.75) is 441 Å². The number of unbranched alkanes of at least 4 members (excludes halogenated alkanes) is 54. The second-order valence-corrected chi connectivity index (χ2v) is 40.2. The number of sulfonamides is 3. The number of nitrogens with zero attached hydrogens (tertiary/aromatic N) is 3.